The molecule has 7 nitrogen and oxygen atoms in total. The summed E-state index contributed by atoms with van der Waals surface area (Å²) in [7, 11) is -2.86. The van der Waals surface area contributed by atoms with Crippen LogP contribution in [0.15, 0.2) is 108 Å². The van der Waals surface area contributed by atoms with E-state index < -0.39 is 40.2 Å². The van der Waals surface area contributed by atoms with Gasteiger partial charge in [-0.3, -0.25) is 13.9 Å². The Morgan fingerprint density at radius 2 is 1.48 bits per heavy atom. The van der Waals surface area contributed by atoms with Crippen LogP contribution in [0.3, 0.4) is 0 Å². The summed E-state index contributed by atoms with van der Waals surface area (Å²) in [6.45, 7) is -0.779. The molecule has 4 aromatic carbocycles. The smallest absolute Gasteiger partial charge is 0.264 e. The number of likely N-dealkylation sites (N-methyl/N-ethyl adjacent to an activating group) is 1. The van der Waals surface area contributed by atoms with Crippen molar-refractivity contribution in [3.8, 4) is 0 Å². The summed E-state index contributed by atoms with van der Waals surface area (Å²) in [5.74, 6) is -1.87. The zero-order chi connectivity index (χ0) is 30.3. The van der Waals surface area contributed by atoms with Crippen LogP contribution in [0, 0.1) is 5.82 Å². The molecule has 0 aromatic heterocycles. The van der Waals surface area contributed by atoms with E-state index in [1.165, 1.54) is 30.1 Å². The maximum absolute atomic E-state index is 14.2. The van der Waals surface area contributed by atoms with E-state index in [0.29, 0.717) is 10.6 Å². The molecule has 2 amide bonds. The topological polar surface area (TPSA) is 86.8 Å². The van der Waals surface area contributed by atoms with Crippen LogP contribution in [0.2, 0.25) is 10.0 Å². The SMILES string of the molecule is CNC(=O)[C@@H](Cc1ccccc1)N(Cc1ccccc1Cl)C(=O)CN(c1ccc(F)c(Cl)c1)S(=O)(=O)c1ccccc1. The maximum atomic E-state index is 14.2. The Morgan fingerprint density at radius 3 is 2.10 bits per heavy atom. The van der Waals surface area contributed by atoms with E-state index in [9.17, 15) is 22.4 Å². The van der Waals surface area contributed by atoms with Crippen LogP contribution in [0.4, 0.5) is 10.1 Å². The lowest BCUT2D eigenvalue weighted by Crippen LogP contribution is -2.53. The average Bonchev–Trinajstić information content (AvgIpc) is 3.00. The van der Waals surface area contributed by atoms with Crippen molar-refractivity contribution in [3.63, 3.8) is 0 Å². The van der Waals surface area contributed by atoms with E-state index >= 15 is 0 Å². The molecule has 0 aliphatic carbocycles. The van der Waals surface area contributed by atoms with Gasteiger partial charge in [-0.25, -0.2) is 12.8 Å². The Bertz CT molecular complexity index is 1660. The van der Waals surface area contributed by atoms with Gasteiger partial charge in [-0.2, -0.15) is 0 Å². The summed E-state index contributed by atoms with van der Waals surface area (Å²) in [5, 5.41) is 2.69. The van der Waals surface area contributed by atoms with E-state index in [-0.39, 0.29) is 28.6 Å². The molecule has 0 spiro atoms. The Hall–Kier alpha value is -3.92. The number of carbonyl (C=O) groups excluding carboxylic acids is 2. The molecule has 0 saturated heterocycles. The Morgan fingerprint density at radius 1 is 0.857 bits per heavy atom. The third-order valence-corrected chi connectivity index (χ3v) is 9.06. The second kappa shape index (κ2) is 13.8. The fourth-order valence-electron chi connectivity index (χ4n) is 4.42. The zero-order valence-electron chi connectivity index (χ0n) is 22.6. The van der Waals surface area contributed by atoms with Crippen LogP contribution in [0.25, 0.3) is 0 Å². The second-order valence-corrected chi connectivity index (χ2v) is 12.0. The molecule has 0 unspecified atom stereocenters. The van der Waals surface area contributed by atoms with Crippen LogP contribution in [0.5, 0.6) is 0 Å². The Labute approximate surface area is 254 Å². The molecule has 0 aliphatic rings. The molecule has 4 aromatic rings. The predicted octanol–water partition coefficient (Wildman–Crippen LogP) is 5.71. The number of hydrogen-bond donors (Lipinski definition) is 1. The molecule has 0 bridgehead atoms. The van der Waals surface area contributed by atoms with Crippen LogP contribution >= 0.6 is 23.2 Å². The first-order valence-corrected chi connectivity index (χ1v) is 15.1. The third-order valence-electron chi connectivity index (χ3n) is 6.62. The van der Waals surface area contributed by atoms with Gasteiger partial charge in [0.2, 0.25) is 11.8 Å². The van der Waals surface area contributed by atoms with Crippen molar-refractivity contribution >= 4 is 50.7 Å². The number of benzene rings is 4. The molecular weight excluding hydrogens is 600 g/mol. The van der Waals surface area contributed by atoms with E-state index in [2.05, 4.69) is 5.32 Å². The van der Waals surface area contributed by atoms with Gasteiger partial charge in [0.05, 0.1) is 15.6 Å². The van der Waals surface area contributed by atoms with Gasteiger partial charge in [-0.15, -0.1) is 0 Å². The van der Waals surface area contributed by atoms with E-state index in [4.69, 9.17) is 23.2 Å². The summed E-state index contributed by atoms with van der Waals surface area (Å²) in [5.41, 5.74) is 1.34. The first-order chi connectivity index (χ1) is 20.1. The average molecular weight is 629 g/mol. The minimum absolute atomic E-state index is 0.0177. The van der Waals surface area contributed by atoms with Gasteiger partial charge in [-0.1, -0.05) is 89.9 Å². The normalized spacial score (nSPS) is 11.9. The minimum Gasteiger partial charge on any atom is -0.357 e. The van der Waals surface area contributed by atoms with Crippen LogP contribution in [-0.2, 0) is 32.6 Å². The van der Waals surface area contributed by atoms with Gasteiger partial charge in [0.15, 0.2) is 0 Å². The van der Waals surface area contributed by atoms with E-state index in [1.54, 1.807) is 42.5 Å². The summed E-state index contributed by atoms with van der Waals surface area (Å²) >= 11 is 12.5. The highest BCUT2D eigenvalue weighted by molar-refractivity contribution is 7.92. The molecule has 0 radical (unpaired) electrons. The lowest BCUT2D eigenvalue weighted by Gasteiger charge is -2.33. The molecule has 4 rings (SSSR count). The third kappa shape index (κ3) is 7.28. The number of anilines is 1. The van der Waals surface area contributed by atoms with Crippen LogP contribution in [-0.4, -0.2) is 44.8 Å². The van der Waals surface area contributed by atoms with Gasteiger partial charge in [0.25, 0.3) is 10.0 Å². The summed E-state index contributed by atoms with van der Waals surface area (Å²) in [4.78, 5) is 28.7. The first-order valence-electron chi connectivity index (χ1n) is 12.9. The molecule has 1 N–H and O–H groups in total. The molecule has 218 valence electrons. The lowest BCUT2D eigenvalue weighted by atomic mass is 10.0. The molecular formula is C31H28Cl2FN3O4S. The van der Waals surface area contributed by atoms with Gasteiger partial charge >= 0.3 is 0 Å². The van der Waals surface area contributed by atoms with Gasteiger partial charge in [-0.05, 0) is 47.5 Å². The number of rotatable bonds is 11. The van der Waals surface area contributed by atoms with Gasteiger partial charge in [0.1, 0.15) is 18.4 Å². The number of nitrogens with one attached hydrogen (secondary N) is 1. The molecule has 42 heavy (non-hydrogen) atoms. The zero-order valence-corrected chi connectivity index (χ0v) is 24.9. The molecule has 0 fully saturated rings. The number of sulfonamides is 1. The van der Waals surface area contributed by atoms with Crippen molar-refractivity contribution in [2.75, 3.05) is 17.9 Å². The summed E-state index contributed by atoms with van der Waals surface area (Å²) in [6, 6.07) is 26.0. The highest BCUT2D eigenvalue weighted by Gasteiger charge is 2.34. The number of hydrogen-bond acceptors (Lipinski definition) is 4. The molecule has 0 saturated carbocycles. The first kappa shape index (κ1) is 31.0. The van der Waals surface area contributed by atoms with Crippen LogP contribution in [0.1, 0.15) is 11.1 Å². The minimum atomic E-state index is -4.33. The van der Waals surface area contributed by atoms with Crippen molar-refractivity contribution in [1.82, 2.24) is 10.2 Å². The standard InChI is InChI=1S/C31H28Cl2FN3O4S/c1-35-31(39)29(18-22-10-4-2-5-11-22)36(20-23-12-8-9-15-26(23)32)30(38)21-37(24-16-17-28(34)27(33)19-24)42(40,41)25-13-6-3-7-14-25/h2-17,19,29H,18,20-21H2,1H3,(H,35,39)/t29-/m1/s1. The van der Waals surface area contributed by atoms with Crippen molar-refractivity contribution in [1.29, 1.82) is 0 Å². The molecule has 0 aliphatic heterocycles. The highest BCUT2D eigenvalue weighted by Crippen LogP contribution is 2.29. The largest absolute Gasteiger partial charge is 0.357 e. The molecule has 11 heteroatoms. The molecule has 1 atom stereocenters. The monoisotopic (exact) mass is 627 g/mol. The van der Waals surface area contributed by atoms with Crippen molar-refractivity contribution in [2.24, 2.45) is 0 Å². The van der Waals surface area contributed by atoms with E-state index in [0.717, 1.165) is 22.0 Å². The predicted molar refractivity (Wildman–Crippen MR) is 162 cm³/mol. The maximum Gasteiger partial charge on any atom is 0.264 e. The fraction of sp³-hybridized carbons (Fsp3) is 0.161. The lowest BCUT2D eigenvalue weighted by molar-refractivity contribution is -0.139. The summed E-state index contributed by atoms with van der Waals surface area (Å²) < 4.78 is 42.7. The quantitative estimate of drug-likeness (QED) is 0.231. The highest BCUT2D eigenvalue weighted by atomic mass is 35.5. The Balaban J connectivity index is 1.81. The van der Waals surface area contributed by atoms with Crippen molar-refractivity contribution in [2.45, 2.75) is 23.9 Å². The van der Waals surface area contributed by atoms with Crippen molar-refractivity contribution in [3.05, 3.63) is 130 Å². The van der Waals surface area contributed by atoms with Crippen molar-refractivity contribution < 1.29 is 22.4 Å². The number of carbonyl (C=O) groups is 2. The number of nitrogens with zero attached hydrogens (tertiary/aromatic N) is 2. The fourth-order valence-corrected chi connectivity index (χ4v) is 6.22. The Kier molecular flexibility index (Phi) is 10.2. The molecule has 0 heterocycles. The van der Waals surface area contributed by atoms with Crippen LogP contribution < -0.4 is 9.62 Å². The summed E-state index contributed by atoms with van der Waals surface area (Å²) in [6.07, 6.45) is 0.157. The second-order valence-electron chi connectivity index (χ2n) is 9.36. The van der Waals surface area contributed by atoms with Gasteiger partial charge in [0, 0.05) is 25.0 Å². The number of amides is 2. The van der Waals surface area contributed by atoms with E-state index in [1.807, 2.05) is 30.3 Å². The van der Waals surface area contributed by atoms with Gasteiger partial charge < -0.3 is 10.2 Å². The number of halogens is 3.